The van der Waals surface area contributed by atoms with Crippen LogP contribution in [0.3, 0.4) is 0 Å². The van der Waals surface area contributed by atoms with E-state index in [1.54, 1.807) is 0 Å². The van der Waals surface area contributed by atoms with Crippen LogP contribution in [0.1, 0.15) is 53.0 Å². The standard InChI is InChI=1S/C22H18F6N6O3/c1-11(32-18(35)12-7-13(21(23,24)25)9-14(8-12)22(26,27)28)15-16(30-6-5-29-15)17-31-10-34(33-17)20(3-4-20)19(36)37-2/h5-11H,3-4H2,1-2H3,(H,32,35). The Balaban J connectivity index is 1.62. The zero-order chi connectivity index (χ0) is 27.2. The molecule has 37 heavy (non-hydrogen) atoms. The van der Waals surface area contributed by atoms with E-state index in [2.05, 4.69) is 25.4 Å². The minimum atomic E-state index is -5.10. The van der Waals surface area contributed by atoms with Crippen molar-refractivity contribution in [1.82, 2.24) is 30.0 Å². The van der Waals surface area contributed by atoms with Gasteiger partial charge in [0.05, 0.1) is 30.0 Å². The van der Waals surface area contributed by atoms with Gasteiger partial charge in [0, 0.05) is 18.0 Å². The lowest BCUT2D eigenvalue weighted by Crippen LogP contribution is -2.29. The van der Waals surface area contributed by atoms with Gasteiger partial charge in [-0.25, -0.2) is 19.4 Å². The van der Waals surface area contributed by atoms with Crippen molar-refractivity contribution in [3.05, 3.63) is 59.3 Å². The van der Waals surface area contributed by atoms with E-state index in [1.165, 1.54) is 37.4 Å². The maximum atomic E-state index is 13.2. The fourth-order valence-electron chi connectivity index (χ4n) is 3.69. The van der Waals surface area contributed by atoms with Gasteiger partial charge in [0.15, 0.2) is 5.54 Å². The Kier molecular flexibility index (Phi) is 6.42. The number of methoxy groups -OCH3 is 1. The Hall–Kier alpha value is -4.04. The number of halogens is 6. The second-order valence-electron chi connectivity index (χ2n) is 8.32. The van der Waals surface area contributed by atoms with Crippen LogP contribution in [-0.2, 0) is 27.4 Å². The van der Waals surface area contributed by atoms with Gasteiger partial charge in [-0.1, -0.05) is 0 Å². The lowest BCUT2D eigenvalue weighted by atomic mass is 10.0. The van der Waals surface area contributed by atoms with Crippen molar-refractivity contribution < 1.29 is 40.7 Å². The highest BCUT2D eigenvalue weighted by atomic mass is 19.4. The quantitative estimate of drug-likeness (QED) is 0.381. The van der Waals surface area contributed by atoms with Gasteiger partial charge in [0.2, 0.25) is 5.82 Å². The Morgan fingerprint density at radius 1 is 1.00 bits per heavy atom. The van der Waals surface area contributed by atoms with Crippen molar-refractivity contribution in [1.29, 1.82) is 0 Å². The van der Waals surface area contributed by atoms with Crippen molar-refractivity contribution >= 4 is 11.9 Å². The first kappa shape index (κ1) is 26.0. The molecule has 1 amide bonds. The summed E-state index contributed by atoms with van der Waals surface area (Å²) in [6.45, 7) is 1.41. The van der Waals surface area contributed by atoms with E-state index in [9.17, 15) is 35.9 Å². The first-order chi connectivity index (χ1) is 17.3. The Morgan fingerprint density at radius 3 is 2.14 bits per heavy atom. The first-order valence-corrected chi connectivity index (χ1v) is 10.7. The number of ether oxygens (including phenoxy) is 1. The van der Waals surface area contributed by atoms with E-state index in [4.69, 9.17) is 4.74 Å². The summed E-state index contributed by atoms with van der Waals surface area (Å²) in [5, 5.41) is 6.62. The molecule has 2 heterocycles. The van der Waals surface area contributed by atoms with E-state index in [-0.39, 0.29) is 23.3 Å². The molecule has 0 radical (unpaired) electrons. The summed E-state index contributed by atoms with van der Waals surface area (Å²) >= 11 is 0. The number of rotatable bonds is 6. The summed E-state index contributed by atoms with van der Waals surface area (Å²) in [5.41, 5.74) is -4.86. The Labute approximate surface area is 204 Å². The minimum Gasteiger partial charge on any atom is -0.467 e. The number of nitrogens with one attached hydrogen (secondary N) is 1. The second-order valence-corrected chi connectivity index (χ2v) is 8.32. The SMILES string of the molecule is COC(=O)C1(n2cnc(-c3nccnc3C(C)NC(=O)c3cc(C(F)(F)F)cc(C(F)(F)F)c3)n2)CC1. The van der Waals surface area contributed by atoms with Crippen LogP contribution >= 0.6 is 0 Å². The van der Waals surface area contributed by atoms with E-state index in [1.807, 2.05) is 0 Å². The van der Waals surface area contributed by atoms with Crippen LogP contribution in [0.15, 0.2) is 36.9 Å². The van der Waals surface area contributed by atoms with Gasteiger partial charge in [-0.15, -0.1) is 5.10 Å². The summed E-state index contributed by atoms with van der Waals surface area (Å²) in [6.07, 6.45) is -5.34. The largest absolute Gasteiger partial charge is 0.467 e. The van der Waals surface area contributed by atoms with Gasteiger partial charge in [0.1, 0.15) is 12.0 Å². The molecule has 1 aliphatic rings. The van der Waals surface area contributed by atoms with Crippen LogP contribution in [0.5, 0.6) is 0 Å². The van der Waals surface area contributed by atoms with Crippen molar-refractivity contribution in [2.45, 2.75) is 43.7 Å². The van der Waals surface area contributed by atoms with Gasteiger partial charge in [-0.2, -0.15) is 26.3 Å². The molecule has 1 unspecified atom stereocenters. The zero-order valence-corrected chi connectivity index (χ0v) is 19.2. The number of nitrogens with zero attached hydrogens (tertiary/aromatic N) is 5. The fraction of sp³-hybridized carbons (Fsp3) is 0.364. The number of hydrogen-bond acceptors (Lipinski definition) is 7. The number of hydrogen-bond donors (Lipinski definition) is 1. The van der Waals surface area contributed by atoms with E-state index >= 15 is 0 Å². The molecule has 1 aliphatic carbocycles. The molecular formula is C22H18F6N6O3. The molecule has 1 N–H and O–H groups in total. The molecule has 196 valence electrons. The molecule has 0 saturated heterocycles. The van der Waals surface area contributed by atoms with Crippen LogP contribution in [0.2, 0.25) is 0 Å². The average Bonchev–Trinajstić information content (AvgIpc) is 3.51. The number of carbonyl (C=O) groups is 2. The van der Waals surface area contributed by atoms with Crippen molar-refractivity contribution in [3.63, 3.8) is 0 Å². The molecule has 4 rings (SSSR count). The predicted molar refractivity (Wildman–Crippen MR) is 113 cm³/mol. The third-order valence-electron chi connectivity index (χ3n) is 5.77. The molecule has 1 atom stereocenters. The molecule has 15 heteroatoms. The number of carbonyl (C=O) groups excluding carboxylic acids is 2. The van der Waals surface area contributed by atoms with Gasteiger partial charge < -0.3 is 10.1 Å². The lowest BCUT2D eigenvalue weighted by Gasteiger charge is -2.17. The predicted octanol–water partition coefficient (Wildman–Crippen LogP) is 3.93. The highest BCUT2D eigenvalue weighted by Gasteiger charge is 2.54. The second kappa shape index (κ2) is 9.12. The summed E-state index contributed by atoms with van der Waals surface area (Å²) < 4.78 is 85.2. The van der Waals surface area contributed by atoms with Crippen molar-refractivity contribution in [2.75, 3.05) is 7.11 Å². The lowest BCUT2D eigenvalue weighted by molar-refractivity contribution is -0.146. The summed E-state index contributed by atoms with van der Waals surface area (Å²) in [7, 11) is 1.24. The molecule has 3 aromatic rings. The summed E-state index contributed by atoms with van der Waals surface area (Å²) in [6, 6.07) is -0.424. The maximum Gasteiger partial charge on any atom is 0.416 e. The van der Waals surface area contributed by atoms with E-state index in [0.717, 1.165) is 0 Å². The van der Waals surface area contributed by atoms with Crippen LogP contribution in [-0.4, -0.2) is 43.7 Å². The minimum absolute atomic E-state index is 0.0396. The molecule has 0 spiro atoms. The number of amides is 1. The zero-order valence-electron chi connectivity index (χ0n) is 19.2. The topological polar surface area (TPSA) is 112 Å². The van der Waals surface area contributed by atoms with Crippen molar-refractivity contribution in [2.24, 2.45) is 0 Å². The van der Waals surface area contributed by atoms with Crippen LogP contribution < -0.4 is 5.32 Å². The van der Waals surface area contributed by atoms with Gasteiger partial charge >= 0.3 is 18.3 Å². The van der Waals surface area contributed by atoms with Gasteiger partial charge in [-0.3, -0.25) is 9.78 Å². The van der Waals surface area contributed by atoms with Crippen LogP contribution in [0.25, 0.3) is 11.5 Å². The molecule has 2 aromatic heterocycles. The molecule has 1 aromatic carbocycles. The monoisotopic (exact) mass is 528 g/mol. The molecule has 9 nitrogen and oxygen atoms in total. The van der Waals surface area contributed by atoms with Gasteiger partial charge in [-0.05, 0) is 38.0 Å². The highest BCUT2D eigenvalue weighted by Crippen LogP contribution is 2.44. The fourth-order valence-corrected chi connectivity index (χ4v) is 3.69. The number of alkyl halides is 6. The number of esters is 1. The first-order valence-electron chi connectivity index (χ1n) is 10.7. The third kappa shape index (κ3) is 5.11. The molecule has 0 aliphatic heterocycles. The van der Waals surface area contributed by atoms with Crippen molar-refractivity contribution in [3.8, 4) is 11.5 Å². The normalized spacial score (nSPS) is 15.7. The third-order valence-corrected chi connectivity index (χ3v) is 5.77. The number of aromatic nitrogens is 5. The summed E-state index contributed by atoms with van der Waals surface area (Å²) in [4.78, 5) is 37.3. The Morgan fingerprint density at radius 2 is 1.59 bits per heavy atom. The van der Waals surface area contributed by atoms with Crippen LogP contribution in [0.4, 0.5) is 26.3 Å². The number of benzene rings is 1. The summed E-state index contributed by atoms with van der Waals surface area (Å²) in [5.74, 6) is -1.65. The average molecular weight is 528 g/mol. The molecule has 0 bridgehead atoms. The van der Waals surface area contributed by atoms with Crippen LogP contribution in [0, 0.1) is 0 Å². The maximum absolute atomic E-state index is 13.2. The Bertz CT molecular complexity index is 1320. The molecule has 1 saturated carbocycles. The smallest absolute Gasteiger partial charge is 0.416 e. The van der Waals surface area contributed by atoms with E-state index < -0.39 is 52.5 Å². The molecule has 1 fully saturated rings. The molecular weight excluding hydrogens is 510 g/mol. The van der Waals surface area contributed by atoms with E-state index in [0.29, 0.717) is 25.0 Å². The van der Waals surface area contributed by atoms with Gasteiger partial charge in [0.25, 0.3) is 5.91 Å². The highest BCUT2D eigenvalue weighted by molar-refractivity contribution is 5.95.